The van der Waals surface area contributed by atoms with Crippen LogP contribution in [0.4, 0.5) is 5.95 Å². The number of rotatable bonds is 3. The number of nitrogens with zero attached hydrogens (tertiary/aromatic N) is 3. The summed E-state index contributed by atoms with van der Waals surface area (Å²) in [5.41, 5.74) is 2.35. The molecule has 0 bridgehead atoms. The van der Waals surface area contributed by atoms with Crippen LogP contribution in [0.15, 0.2) is 34.4 Å². The van der Waals surface area contributed by atoms with Gasteiger partial charge in [-0.2, -0.15) is 0 Å². The van der Waals surface area contributed by atoms with Gasteiger partial charge in [-0.05, 0) is 12.1 Å². The molecule has 0 fully saturated rings. The average molecular weight is 259 g/mol. The van der Waals surface area contributed by atoms with Crippen LogP contribution in [-0.2, 0) is 6.54 Å². The van der Waals surface area contributed by atoms with Crippen molar-refractivity contribution in [2.45, 2.75) is 6.54 Å². The third-order valence-corrected chi connectivity index (χ3v) is 3.09. The van der Waals surface area contributed by atoms with E-state index < -0.39 is 0 Å². The molecule has 2 heterocycles. The highest BCUT2D eigenvalue weighted by atomic mass is 32.1. The predicted octanol–water partition coefficient (Wildman–Crippen LogP) is 1.39. The number of hydrogen-bond acceptors (Lipinski definition) is 6. The molecular formula is C11H9N5OS. The smallest absolute Gasteiger partial charge is 0.304 e. The summed E-state index contributed by atoms with van der Waals surface area (Å²) < 4.78 is 0. The molecule has 0 saturated heterocycles. The molecule has 0 saturated carbocycles. The quantitative estimate of drug-likeness (QED) is 0.742. The Kier molecular flexibility index (Phi) is 2.73. The van der Waals surface area contributed by atoms with Crippen molar-refractivity contribution in [3.8, 4) is 0 Å². The Balaban J connectivity index is 1.80. The zero-order valence-corrected chi connectivity index (χ0v) is 10.1. The van der Waals surface area contributed by atoms with E-state index in [0.29, 0.717) is 12.5 Å². The van der Waals surface area contributed by atoms with Crippen LogP contribution in [-0.4, -0.2) is 20.2 Å². The van der Waals surface area contributed by atoms with Crippen molar-refractivity contribution in [3.05, 3.63) is 45.0 Å². The largest absolute Gasteiger partial charge is 0.347 e. The molecule has 18 heavy (non-hydrogen) atoms. The predicted molar refractivity (Wildman–Crippen MR) is 69.6 cm³/mol. The average Bonchev–Trinajstić information content (AvgIpc) is 2.82. The van der Waals surface area contributed by atoms with Crippen LogP contribution in [0.5, 0.6) is 0 Å². The zero-order valence-electron chi connectivity index (χ0n) is 9.25. The summed E-state index contributed by atoms with van der Waals surface area (Å²) in [6.07, 6.45) is 0. The van der Waals surface area contributed by atoms with E-state index in [1.807, 2.05) is 24.3 Å². The molecule has 2 aromatic heterocycles. The van der Waals surface area contributed by atoms with E-state index in [9.17, 15) is 4.79 Å². The van der Waals surface area contributed by atoms with Crippen molar-refractivity contribution in [1.82, 2.24) is 20.2 Å². The van der Waals surface area contributed by atoms with Crippen molar-refractivity contribution < 1.29 is 0 Å². The van der Waals surface area contributed by atoms with Crippen molar-refractivity contribution in [2.24, 2.45) is 0 Å². The van der Waals surface area contributed by atoms with E-state index >= 15 is 0 Å². The van der Waals surface area contributed by atoms with Crippen LogP contribution in [0.3, 0.4) is 0 Å². The van der Waals surface area contributed by atoms with Gasteiger partial charge < -0.3 is 10.3 Å². The molecule has 2 N–H and O–H groups in total. The molecule has 0 radical (unpaired) electrons. The molecule has 0 aliphatic heterocycles. The Labute approximate surface area is 106 Å². The van der Waals surface area contributed by atoms with Gasteiger partial charge in [0.2, 0.25) is 5.95 Å². The molecule has 0 aliphatic carbocycles. The van der Waals surface area contributed by atoms with Gasteiger partial charge >= 0.3 is 4.87 Å². The molecule has 0 atom stereocenters. The summed E-state index contributed by atoms with van der Waals surface area (Å²) in [5.74, 6) is 0.445. The molecule has 0 spiro atoms. The van der Waals surface area contributed by atoms with Gasteiger partial charge in [-0.15, -0.1) is 10.2 Å². The highest BCUT2D eigenvalue weighted by Gasteiger charge is 2.01. The fraction of sp³-hybridized carbons (Fsp3) is 0.0909. The molecule has 6 nitrogen and oxygen atoms in total. The zero-order chi connectivity index (χ0) is 12.4. The normalized spacial score (nSPS) is 10.7. The van der Waals surface area contributed by atoms with Gasteiger partial charge in [0.1, 0.15) is 5.52 Å². The second-order valence-electron chi connectivity index (χ2n) is 3.65. The minimum atomic E-state index is -0.0654. The number of thiazole rings is 1. The Bertz CT molecular complexity index is 735. The summed E-state index contributed by atoms with van der Waals surface area (Å²) >= 11 is 1.13. The van der Waals surface area contributed by atoms with Gasteiger partial charge in [-0.1, -0.05) is 23.5 Å². The van der Waals surface area contributed by atoms with Crippen LogP contribution in [0.25, 0.3) is 11.0 Å². The number of anilines is 1. The molecule has 0 aliphatic rings. The van der Waals surface area contributed by atoms with Crippen LogP contribution >= 0.6 is 11.3 Å². The van der Waals surface area contributed by atoms with Gasteiger partial charge in [0.05, 0.1) is 12.1 Å². The summed E-state index contributed by atoms with van der Waals surface area (Å²) in [4.78, 5) is 17.9. The maximum Gasteiger partial charge on any atom is 0.304 e. The van der Waals surface area contributed by atoms with Crippen LogP contribution in [0.1, 0.15) is 5.69 Å². The van der Waals surface area contributed by atoms with Crippen molar-refractivity contribution in [3.63, 3.8) is 0 Å². The standard InChI is InChI=1S/C11H9N5OS/c17-11-13-7(6-18-11)5-12-10-14-8-3-1-2-4-9(8)15-16-10/h1-4,6H,5H2,(H,13,17)(H,12,14,16). The first-order valence-corrected chi connectivity index (χ1v) is 6.19. The maximum absolute atomic E-state index is 11.0. The Morgan fingerprint density at radius 3 is 2.83 bits per heavy atom. The number of fused-ring (bicyclic) bond motifs is 1. The number of benzene rings is 1. The highest BCUT2D eigenvalue weighted by molar-refractivity contribution is 7.07. The van der Waals surface area contributed by atoms with Crippen molar-refractivity contribution in [2.75, 3.05) is 5.32 Å². The van der Waals surface area contributed by atoms with Crippen LogP contribution in [0.2, 0.25) is 0 Å². The first-order valence-electron chi connectivity index (χ1n) is 5.31. The molecule has 90 valence electrons. The van der Waals surface area contributed by atoms with Gasteiger partial charge in [0.15, 0.2) is 0 Å². The topological polar surface area (TPSA) is 83.6 Å². The fourth-order valence-electron chi connectivity index (χ4n) is 1.53. The van der Waals surface area contributed by atoms with E-state index in [1.54, 1.807) is 5.38 Å². The van der Waals surface area contributed by atoms with Gasteiger partial charge in [-0.3, -0.25) is 4.79 Å². The minimum absolute atomic E-state index is 0.0654. The number of hydrogen-bond donors (Lipinski definition) is 2. The van der Waals surface area contributed by atoms with Crippen LogP contribution < -0.4 is 10.2 Å². The Hall–Kier alpha value is -2.28. The second kappa shape index (κ2) is 4.53. The monoisotopic (exact) mass is 259 g/mol. The molecule has 0 amide bonds. The van der Waals surface area contributed by atoms with Gasteiger partial charge in [0.25, 0.3) is 0 Å². The third-order valence-electron chi connectivity index (χ3n) is 2.37. The first-order chi connectivity index (χ1) is 8.81. The summed E-state index contributed by atoms with van der Waals surface area (Å²) in [6.45, 7) is 0.471. The number of H-pyrrole nitrogens is 1. The van der Waals surface area contributed by atoms with Crippen molar-refractivity contribution in [1.29, 1.82) is 0 Å². The summed E-state index contributed by atoms with van der Waals surface area (Å²) in [5, 5.41) is 12.8. The molecule has 1 aromatic carbocycles. The summed E-state index contributed by atoms with van der Waals surface area (Å²) in [7, 11) is 0. The first kappa shape index (κ1) is 10.8. The number of para-hydroxylation sites is 1. The highest BCUT2D eigenvalue weighted by Crippen LogP contribution is 2.09. The summed E-state index contributed by atoms with van der Waals surface area (Å²) in [6, 6.07) is 7.52. The van der Waals surface area contributed by atoms with E-state index in [4.69, 9.17) is 0 Å². The molecule has 0 unspecified atom stereocenters. The van der Waals surface area contributed by atoms with Gasteiger partial charge in [0, 0.05) is 11.1 Å². The van der Waals surface area contributed by atoms with E-state index in [2.05, 4.69) is 25.5 Å². The molecule has 7 heteroatoms. The van der Waals surface area contributed by atoms with Crippen LogP contribution in [0, 0.1) is 0 Å². The van der Waals surface area contributed by atoms with Crippen molar-refractivity contribution >= 4 is 28.3 Å². The van der Waals surface area contributed by atoms with E-state index in [0.717, 1.165) is 28.1 Å². The third kappa shape index (κ3) is 2.21. The Morgan fingerprint density at radius 1 is 1.22 bits per heavy atom. The number of aromatic amines is 1. The maximum atomic E-state index is 11.0. The molecule has 3 aromatic rings. The number of nitrogens with one attached hydrogen (secondary N) is 2. The Morgan fingerprint density at radius 2 is 2.06 bits per heavy atom. The van der Waals surface area contributed by atoms with Gasteiger partial charge in [-0.25, -0.2) is 4.98 Å². The molecular weight excluding hydrogens is 250 g/mol. The lowest BCUT2D eigenvalue weighted by Gasteiger charge is -2.02. The molecule has 3 rings (SSSR count). The second-order valence-corrected chi connectivity index (χ2v) is 4.49. The van der Waals surface area contributed by atoms with E-state index in [1.165, 1.54) is 0 Å². The lowest BCUT2D eigenvalue weighted by molar-refractivity contribution is 0.966. The lowest BCUT2D eigenvalue weighted by Crippen LogP contribution is -2.06. The fourth-order valence-corrected chi connectivity index (χ4v) is 2.11. The minimum Gasteiger partial charge on any atom is -0.347 e. The number of aromatic nitrogens is 4. The van der Waals surface area contributed by atoms with E-state index in [-0.39, 0.29) is 4.87 Å². The lowest BCUT2D eigenvalue weighted by atomic mass is 10.3. The SMILES string of the molecule is O=c1[nH]c(CNc2nnc3ccccc3n2)cs1.